The molecule has 0 aliphatic carbocycles. The topological polar surface area (TPSA) is 86.7 Å². The molecule has 4 aromatic rings. The summed E-state index contributed by atoms with van der Waals surface area (Å²) in [7, 11) is 4.69. The number of benzene rings is 4. The van der Waals surface area contributed by atoms with E-state index in [4.69, 9.17) is 24.0 Å². The molecule has 0 saturated carbocycles. The smallest absolute Gasteiger partial charge is 0.343 e. The molecule has 4 aromatic carbocycles. The molecule has 8 heteroatoms. The van der Waals surface area contributed by atoms with Gasteiger partial charge in [0, 0.05) is 23.6 Å². The molecular formula is C34H32N2O6. The molecule has 42 heavy (non-hydrogen) atoms. The van der Waals surface area contributed by atoms with Crippen LogP contribution in [0.15, 0.2) is 90.0 Å². The number of carbonyl (C=O) groups is 2. The predicted molar refractivity (Wildman–Crippen MR) is 160 cm³/mol. The Kier molecular flexibility index (Phi) is 8.24. The second-order valence-electron chi connectivity index (χ2n) is 10.0. The van der Waals surface area contributed by atoms with E-state index in [1.807, 2.05) is 56.3 Å². The van der Waals surface area contributed by atoms with Crippen LogP contribution in [0.2, 0.25) is 0 Å². The van der Waals surface area contributed by atoms with Crippen LogP contribution in [-0.2, 0) is 0 Å². The van der Waals surface area contributed by atoms with Gasteiger partial charge in [0.2, 0.25) is 0 Å². The van der Waals surface area contributed by atoms with Crippen molar-refractivity contribution in [1.29, 1.82) is 0 Å². The molecule has 1 amide bonds. The molecule has 5 rings (SSSR count). The van der Waals surface area contributed by atoms with Crippen molar-refractivity contribution in [2.45, 2.75) is 26.3 Å². The fourth-order valence-electron chi connectivity index (χ4n) is 4.81. The molecule has 1 atom stereocenters. The van der Waals surface area contributed by atoms with E-state index in [-0.39, 0.29) is 11.7 Å². The average Bonchev–Trinajstić information content (AvgIpc) is 3.46. The quantitative estimate of drug-likeness (QED) is 0.178. The lowest BCUT2D eigenvalue weighted by Crippen LogP contribution is -2.27. The van der Waals surface area contributed by atoms with Gasteiger partial charge in [0.1, 0.15) is 11.5 Å². The molecule has 1 heterocycles. The molecule has 0 aromatic heterocycles. The monoisotopic (exact) mass is 564 g/mol. The number of aryl methyl sites for hydroxylation is 2. The second-order valence-corrected chi connectivity index (χ2v) is 10.0. The summed E-state index contributed by atoms with van der Waals surface area (Å²) in [5, 5.41) is 6.30. The first-order chi connectivity index (χ1) is 20.3. The summed E-state index contributed by atoms with van der Waals surface area (Å²) in [6.45, 7) is 3.92. The molecule has 1 aliphatic rings. The van der Waals surface area contributed by atoms with Crippen LogP contribution in [0.3, 0.4) is 0 Å². The minimum absolute atomic E-state index is 0.253. The van der Waals surface area contributed by atoms with Crippen molar-refractivity contribution in [3.8, 4) is 23.0 Å². The Morgan fingerprint density at radius 3 is 1.98 bits per heavy atom. The van der Waals surface area contributed by atoms with Gasteiger partial charge >= 0.3 is 5.97 Å². The molecule has 0 radical (unpaired) electrons. The number of methoxy groups -OCH3 is 3. The summed E-state index contributed by atoms with van der Waals surface area (Å²) in [4.78, 5) is 26.9. The number of amides is 1. The highest BCUT2D eigenvalue weighted by molar-refractivity contribution is 6.07. The van der Waals surface area contributed by atoms with E-state index in [0.717, 1.165) is 16.7 Å². The fraction of sp³-hybridized carbons (Fsp3) is 0.206. The first-order valence-corrected chi connectivity index (χ1v) is 13.5. The minimum Gasteiger partial charge on any atom is -0.497 e. The maximum atomic E-state index is 13.8. The summed E-state index contributed by atoms with van der Waals surface area (Å²) in [5.41, 5.74) is 5.00. The lowest BCUT2D eigenvalue weighted by atomic mass is 9.97. The first-order valence-electron chi connectivity index (χ1n) is 13.5. The summed E-state index contributed by atoms with van der Waals surface area (Å²) >= 11 is 0. The summed E-state index contributed by atoms with van der Waals surface area (Å²) in [5.74, 6) is 1.17. The number of hydrazone groups is 1. The molecule has 0 bridgehead atoms. The van der Waals surface area contributed by atoms with E-state index in [0.29, 0.717) is 46.1 Å². The molecule has 8 nitrogen and oxygen atoms in total. The molecular weight excluding hydrogens is 532 g/mol. The number of ether oxygens (including phenoxy) is 4. The van der Waals surface area contributed by atoms with E-state index >= 15 is 0 Å². The number of nitrogens with zero attached hydrogens (tertiary/aromatic N) is 2. The van der Waals surface area contributed by atoms with Crippen LogP contribution in [0.1, 0.15) is 55.4 Å². The third-order valence-electron chi connectivity index (χ3n) is 7.20. The molecule has 0 unspecified atom stereocenters. The highest BCUT2D eigenvalue weighted by atomic mass is 16.5. The van der Waals surface area contributed by atoms with E-state index < -0.39 is 12.0 Å². The number of esters is 1. The Hall–Kier alpha value is -5.11. The molecule has 0 saturated heterocycles. The van der Waals surface area contributed by atoms with Crippen LogP contribution >= 0.6 is 0 Å². The Morgan fingerprint density at radius 1 is 0.714 bits per heavy atom. The van der Waals surface area contributed by atoms with Crippen LogP contribution in [-0.4, -0.2) is 43.9 Å². The normalized spacial score (nSPS) is 14.3. The van der Waals surface area contributed by atoms with Crippen LogP contribution in [0.25, 0.3) is 0 Å². The Labute approximate surface area is 245 Å². The number of carbonyl (C=O) groups excluding carboxylic acids is 2. The summed E-state index contributed by atoms with van der Waals surface area (Å²) in [6.07, 6.45) is 0.370. The lowest BCUT2D eigenvalue weighted by molar-refractivity contribution is 0.0707. The van der Waals surface area contributed by atoms with E-state index in [1.165, 1.54) is 5.01 Å². The highest BCUT2D eigenvalue weighted by Crippen LogP contribution is 2.40. The minimum atomic E-state index is -0.507. The number of hydrogen-bond donors (Lipinski definition) is 0. The van der Waals surface area contributed by atoms with Gasteiger partial charge in [-0.2, -0.15) is 5.10 Å². The molecule has 0 fully saturated rings. The van der Waals surface area contributed by atoms with Gasteiger partial charge in [0.05, 0.1) is 38.6 Å². The highest BCUT2D eigenvalue weighted by Gasteiger charge is 2.35. The number of rotatable bonds is 8. The lowest BCUT2D eigenvalue weighted by Gasteiger charge is -2.23. The van der Waals surface area contributed by atoms with Gasteiger partial charge in [-0.1, -0.05) is 41.5 Å². The average molecular weight is 565 g/mol. The largest absolute Gasteiger partial charge is 0.497 e. The third kappa shape index (κ3) is 5.83. The van der Waals surface area contributed by atoms with Gasteiger partial charge in [-0.05, 0) is 67.9 Å². The van der Waals surface area contributed by atoms with E-state index in [9.17, 15) is 9.59 Å². The SMILES string of the molecule is COc1ccc(C2=NN(C(=O)c3ccc(C)cc3)[C@@H](c3ccc(OC)c(OC)c3)C2)c(OC(=O)c2ccc(C)cc2)c1. The molecule has 1 aliphatic heterocycles. The maximum Gasteiger partial charge on any atom is 0.343 e. The van der Waals surface area contributed by atoms with E-state index in [2.05, 4.69) is 0 Å². The number of hydrogen-bond acceptors (Lipinski definition) is 7. The van der Waals surface area contributed by atoms with Crippen molar-refractivity contribution in [3.63, 3.8) is 0 Å². The van der Waals surface area contributed by atoms with Crippen LogP contribution < -0.4 is 18.9 Å². The standard InChI is InChI=1S/C34H32N2O6/c1-21-6-10-23(11-7-21)33(37)36-29(25-14-17-30(40-4)32(18-25)41-5)20-28(35-36)27-16-15-26(39-3)19-31(27)42-34(38)24-12-8-22(2)9-13-24/h6-19,29H,20H2,1-5H3/t29-/m1/s1. The summed E-state index contributed by atoms with van der Waals surface area (Å²) in [6, 6.07) is 24.8. The van der Waals surface area contributed by atoms with Crippen molar-refractivity contribution in [2.24, 2.45) is 5.10 Å². The van der Waals surface area contributed by atoms with Crippen molar-refractivity contribution < 1.29 is 28.5 Å². The van der Waals surface area contributed by atoms with Gasteiger partial charge in [-0.15, -0.1) is 0 Å². The van der Waals surface area contributed by atoms with Crippen molar-refractivity contribution >= 4 is 17.6 Å². The maximum absolute atomic E-state index is 13.8. The zero-order chi connectivity index (χ0) is 29.8. The van der Waals surface area contributed by atoms with Gasteiger partial charge in [-0.25, -0.2) is 9.80 Å². The van der Waals surface area contributed by atoms with Crippen molar-refractivity contribution in [2.75, 3.05) is 21.3 Å². The van der Waals surface area contributed by atoms with Gasteiger partial charge in [-0.3, -0.25) is 4.79 Å². The molecule has 0 spiro atoms. The van der Waals surface area contributed by atoms with Crippen LogP contribution in [0.4, 0.5) is 0 Å². The Balaban J connectivity index is 1.56. The van der Waals surface area contributed by atoms with Crippen molar-refractivity contribution in [3.05, 3.63) is 118 Å². The Morgan fingerprint density at radius 2 is 1.36 bits per heavy atom. The molecule has 214 valence electrons. The van der Waals surface area contributed by atoms with Crippen LogP contribution in [0.5, 0.6) is 23.0 Å². The summed E-state index contributed by atoms with van der Waals surface area (Å²) < 4.78 is 22.3. The van der Waals surface area contributed by atoms with E-state index in [1.54, 1.807) is 63.8 Å². The van der Waals surface area contributed by atoms with Gasteiger partial charge in [0.25, 0.3) is 5.91 Å². The zero-order valence-electron chi connectivity index (χ0n) is 24.2. The molecule has 0 N–H and O–H groups in total. The third-order valence-corrected chi connectivity index (χ3v) is 7.20. The predicted octanol–water partition coefficient (Wildman–Crippen LogP) is 6.54. The zero-order valence-corrected chi connectivity index (χ0v) is 24.2. The van der Waals surface area contributed by atoms with Crippen LogP contribution in [0, 0.1) is 13.8 Å². The first kappa shape index (κ1) is 28.4. The second kappa shape index (κ2) is 12.2. The Bertz CT molecular complexity index is 1640. The van der Waals surface area contributed by atoms with Gasteiger partial charge in [0.15, 0.2) is 11.5 Å². The van der Waals surface area contributed by atoms with Gasteiger partial charge < -0.3 is 18.9 Å². The van der Waals surface area contributed by atoms with Crippen molar-refractivity contribution in [1.82, 2.24) is 5.01 Å². The fourth-order valence-corrected chi connectivity index (χ4v) is 4.81.